The minimum atomic E-state index is 0.216. The van der Waals surface area contributed by atoms with Crippen molar-refractivity contribution in [2.75, 3.05) is 0 Å². The van der Waals surface area contributed by atoms with Gasteiger partial charge in [-0.2, -0.15) is 0 Å². The van der Waals surface area contributed by atoms with Gasteiger partial charge >= 0.3 is 0 Å². The highest BCUT2D eigenvalue weighted by Crippen LogP contribution is 2.45. The summed E-state index contributed by atoms with van der Waals surface area (Å²) < 4.78 is 2.26. The molecule has 3 nitrogen and oxygen atoms in total. The van der Waals surface area contributed by atoms with E-state index in [-0.39, 0.29) is 5.54 Å². The highest BCUT2D eigenvalue weighted by atomic mass is 15.1. The summed E-state index contributed by atoms with van der Waals surface area (Å²) in [6, 6.07) is 11.3. The lowest BCUT2D eigenvalue weighted by Crippen LogP contribution is -2.39. The van der Waals surface area contributed by atoms with Crippen LogP contribution in [0.4, 0.5) is 0 Å². The number of hydrogen-bond donors (Lipinski definition) is 1. The first kappa shape index (κ1) is 13.4. The normalized spacial score (nSPS) is 17.9. The number of nitrogens with zero attached hydrogens (tertiary/aromatic N) is 2. The molecule has 0 spiro atoms. The van der Waals surface area contributed by atoms with Crippen molar-refractivity contribution in [1.82, 2.24) is 14.9 Å². The maximum Gasteiger partial charge on any atom is 0.108 e. The first-order chi connectivity index (χ1) is 9.73. The molecule has 3 rings (SSSR count). The van der Waals surface area contributed by atoms with Gasteiger partial charge in [-0.15, -0.1) is 0 Å². The van der Waals surface area contributed by atoms with E-state index in [1.807, 2.05) is 6.20 Å². The molecule has 1 atom stereocenters. The molecule has 1 aliphatic carbocycles. The van der Waals surface area contributed by atoms with Gasteiger partial charge in [0.25, 0.3) is 0 Å². The van der Waals surface area contributed by atoms with Gasteiger partial charge in [-0.05, 0) is 25.3 Å². The largest absolute Gasteiger partial charge is 0.333 e. The lowest BCUT2D eigenvalue weighted by atomic mass is 10.0. The van der Waals surface area contributed by atoms with Crippen molar-refractivity contribution in [2.45, 2.75) is 51.2 Å². The summed E-state index contributed by atoms with van der Waals surface area (Å²) in [6.07, 6.45) is 7.45. The standard InChI is InChI=1S/C17H23N3/c1-3-16-18-11-12-20(16)13-14(2)19-17(9-10-17)15-7-5-4-6-8-15/h4-8,11-12,14,19H,3,9-10,13H2,1-2H3/t14-/m1/s1. The lowest BCUT2D eigenvalue weighted by molar-refractivity contribution is 0.396. The number of rotatable bonds is 6. The zero-order valence-corrected chi connectivity index (χ0v) is 12.3. The molecule has 0 amide bonds. The summed E-state index contributed by atoms with van der Waals surface area (Å²) >= 11 is 0. The van der Waals surface area contributed by atoms with Gasteiger partial charge in [-0.3, -0.25) is 0 Å². The molecule has 1 heterocycles. The maximum atomic E-state index is 4.39. The molecule has 1 fully saturated rings. The van der Waals surface area contributed by atoms with Gasteiger partial charge in [0.1, 0.15) is 5.82 Å². The Kier molecular flexibility index (Phi) is 3.62. The van der Waals surface area contributed by atoms with Crippen LogP contribution in [0.25, 0.3) is 0 Å². The molecule has 0 saturated heterocycles. The second-order valence-corrected chi connectivity index (χ2v) is 5.84. The SMILES string of the molecule is CCc1nccn1C[C@@H](C)NC1(c2ccccc2)CC1. The fourth-order valence-electron chi connectivity index (χ4n) is 3.03. The molecule has 1 aromatic heterocycles. The Morgan fingerprint density at radius 3 is 2.70 bits per heavy atom. The number of aromatic nitrogens is 2. The first-order valence-electron chi connectivity index (χ1n) is 7.57. The van der Waals surface area contributed by atoms with Crippen LogP contribution in [0.15, 0.2) is 42.7 Å². The Balaban J connectivity index is 1.66. The number of nitrogens with one attached hydrogen (secondary N) is 1. The highest BCUT2D eigenvalue weighted by Gasteiger charge is 2.44. The van der Waals surface area contributed by atoms with Crippen molar-refractivity contribution in [3.63, 3.8) is 0 Å². The van der Waals surface area contributed by atoms with Crippen molar-refractivity contribution < 1.29 is 0 Å². The van der Waals surface area contributed by atoms with E-state index in [4.69, 9.17) is 0 Å². The topological polar surface area (TPSA) is 29.9 Å². The summed E-state index contributed by atoms with van der Waals surface area (Å²) in [4.78, 5) is 4.39. The smallest absolute Gasteiger partial charge is 0.108 e. The summed E-state index contributed by atoms with van der Waals surface area (Å²) in [5.41, 5.74) is 1.64. The van der Waals surface area contributed by atoms with E-state index in [1.165, 1.54) is 24.2 Å². The molecule has 1 aliphatic rings. The van der Waals surface area contributed by atoms with E-state index in [9.17, 15) is 0 Å². The van der Waals surface area contributed by atoms with Crippen molar-refractivity contribution in [3.8, 4) is 0 Å². The fourth-order valence-corrected chi connectivity index (χ4v) is 3.03. The van der Waals surface area contributed by atoms with Gasteiger partial charge in [0.05, 0.1) is 0 Å². The Bertz CT molecular complexity index is 555. The fraction of sp³-hybridized carbons (Fsp3) is 0.471. The second kappa shape index (κ2) is 5.41. The second-order valence-electron chi connectivity index (χ2n) is 5.84. The zero-order valence-electron chi connectivity index (χ0n) is 12.3. The van der Waals surface area contributed by atoms with Crippen LogP contribution in [0.5, 0.6) is 0 Å². The van der Waals surface area contributed by atoms with Crippen molar-refractivity contribution in [3.05, 3.63) is 54.1 Å². The number of aryl methyl sites for hydroxylation is 1. The van der Waals surface area contributed by atoms with E-state index in [1.54, 1.807) is 0 Å². The van der Waals surface area contributed by atoms with E-state index in [0.29, 0.717) is 6.04 Å². The molecular weight excluding hydrogens is 246 g/mol. The minimum Gasteiger partial charge on any atom is -0.333 e. The number of hydrogen-bond acceptors (Lipinski definition) is 2. The van der Waals surface area contributed by atoms with E-state index in [2.05, 4.69) is 65.2 Å². The summed E-state index contributed by atoms with van der Waals surface area (Å²) in [5.74, 6) is 1.17. The van der Waals surface area contributed by atoms with Crippen LogP contribution >= 0.6 is 0 Å². The molecule has 1 aromatic carbocycles. The van der Waals surface area contributed by atoms with Gasteiger partial charge in [-0.25, -0.2) is 4.98 Å². The third-order valence-corrected chi connectivity index (χ3v) is 4.19. The van der Waals surface area contributed by atoms with Crippen molar-refractivity contribution in [1.29, 1.82) is 0 Å². The average molecular weight is 269 g/mol. The summed E-state index contributed by atoms with van der Waals surface area (Å²) in [6.45, 7) is 5.41. The van der Waals surface area contributed by atoms with Crippen LogP contribution in [-0.2, 0) is 18.5 Å². The number of imidazole rings is 1. The molecule has 20 heavy (non-hydrogen) atoms. The van der Waals surface area contributed by atoms with E-state index >= 15 is 0 Å². The Morgan fingerprint density at radius 2 is 2.05 bits per heavy atom. The zero-order chi connectivity index (χ0) is 14.0. The van der Waals surface area contributed by atoms with Crippen LogP contribution in [0, 0.1) is 0 Å². The quantitative estimate of drug-likeness (QED) is 0.873. The first-order valence-corrected chi connectivity index (χ1v) is 7.57. The van der Waals surface area contributed by atoms with Crippen LogP contribution in [0.3, 0.4) is 0 Å². The molecule has 0 unspecified atom stereocenters. The minimum absolute atomic E-state index is 0.216. The monoisotopic (exact) mass is 269 g/mol. The summed E-state index contributed by atoms with van der Waals surface area (Å²) in [7, 11) is 0. The van der Waals surface area contributed by atoms with Gasteiger partial charge in [0.15, 0.2) is 0 Å². The molecule has 106 valence electrons. The van der Waals surface area contributed by atoms with Gasteiger partial charge in [0, 0.05) is 36.9 Å². The molecule has 0 aliphatic heterocycles. The van der Waals surface area contributed by atoms with Gasteiger partial charge in [-0.1, -0.05) is 37.3 Å². The van der Waals surface area contributed by atoms with Crippen LogP contribution in [0.2, 0.25) is 0 Å². The molecule has 1 saturated carbocycles. The molecule has 2 aromatic rings. The van der Waals surface area contributed by atoms with Crippen molar-refractivity contribution in [2.24, 2.45) is 0 Å². The Labute approximate surface area is 121 Å². The van der Waals surface area contributed by atoms with Gasteiger partial charge in [0.2, 0.25) is 0 Å². The average Bonchev–Trinajstić information content (AvgIpc) is 3.11. The number of benzene rings is 1. The third kappa shape index (κ3) is 2.63. The third-order valence-electron chi connectivity index (χ3n) is 4.19. The molecule has 0 bridgehead atoms. The Morgan fingerprint density at radius 1 is 1.30 bits per heavy atom. The van der Waals surface area contributed by atoms with Crippen LogP contribution < -0.4 is 5.32 Å². The predicted molar refractivity (Wildman–Crippen MR) is 81.6 cm³/mol. The lowest BCUT2D eigenvalue weighted by Gasteiger charge is -2.24. The molecule has 1 N–H and O–H groups in total. The Hall–Kier alpha value is -1.61. The van der Waals surface area contributed by atoms with E-state index in [0.717, 1.165) is 13.0 Å². The summed E-state index contributed by atoms with van der Waals surface area (Å²) in [5, 5.41) is 3.82. The molecular formula is C17H23N3. The maximum absolute atomic E-state index is 4.39. The van der Waals surface area contributed by atoms with Crippen LogP contribution in [0.1, 0.15) is 38.1 Å². The van der Waals surface area contributed by atoms with Crippen LogP contribution in [-0.4, -0.2) is 15.6 Å². The van der Waals surface area contributed by atoms with Gasteiger partial charge < -0.3 is 9.88 Å². The highest BCUT2D eigenvalue weighted by molar-refractivity contribution is 5.30. The molecule has 0 radical (unpaired) electrons. The predicted octanol–water partition coefficient (Wildman–Crippen LogP) is 3.11. The molecule has 3 heteroatoms. The van der Waals surface area contributed by atoms with E-state index < -0.39 is 0 Å². The van der Waals surface area contributed by atoms with Crippen molar-refractivity contribution >= 4 is 0 Å².